The van der Waals surface area contributed by atoms with Crippen molar-refractivity contribution in [2.24, 2.45) is 5.92 Å². The zero-order valence-corrected chi connectivity index (χ0v) is 11.1. The van der Waals surface area contributed by atoms with Crippen LogP contribution in [0.2, 0.25) is 0 Å². The average Bonchev–Trinajstić information content (AvgIpc) is 2.71. The second kappa shape index (κ2) is 5.69. The summed E-state index contributed by atoms with van der Waals surface area (Å²) in [7, 11) is 0. The third-order valence-electron chi connectivity index (χ3n) is 3.77. The Balaban J connectivity index is 2.03. The van der Waals surface area contributed by atoms with Gasteiger partial charge in [0.05, 0.1) is 12.3 Å². The molecule has 1 N–H and O–H groups in total. The molecule has 1 aliphatic rings. The number of hydrogen-bond acceptors (Lipinski definition) is 3. The van der Waals surface area contributed by atoms with Gasteiger partial charge in [-0.3, -0.25) is 4.90 Å². The molecule has 0 radical (unpaired) electrons. The van der Waals surface area contributed by atoms with Crippen molar-refractivity contribution >= 4 is 0 Å². The molecule has 2 atom stereocenters. The lowest BCUT2D eigenvalue weighted by Crippen LogP contribution is -2.41. The van der Waals surface area contributed by atoms with Crippen molar-refractivity contribution < 1.29 is 4.42 Å². The topological polar surface area (TPSA) is 28.4 Å². The molecule has 0 aromatic carbocycles. The molecule has 1 saturated heterocycles. The summed E-state index contributed by atoms with van der Waals surface area (Å²) in [5, 5.41) is 3.64. The van der Waals surface area contributed by atoms with E-state index in [1.807, 2.05) is 6.07 Å². The number of rotatable bonds is 3. The lowest BCUT2D eigenvalue weighted by atomic mass is 10.0. The van der Waals surface area contributed by atoms with E-state index < -0.39 is 0 Å². The molecule has 1 fully saturated rings. The zero-order chi connectivity index (χ0) is 12.3. The Hall–Kier alpha value is -0.800. The average molecular weight is 236 g/mol. The molecule has 3 nitrogen and oxygen atoms in total. The van der Waals surface area contributed by atoms with Crippen LogP contribution in [0, 0.1) is 5.92 Å². The van der Waals surface area contributed by atoms with E-state index in [1.54, 1.807) is 6.26 Å². The van der Waals surface area contributed by atoms with Crippen LogP contribution in [-0.2, 0) is 0 Å². The molecule has 0 amide bonds. The Labute approximate surface area is 104 Å². The first kappa shape index (κ1) is 12.7. The Morgan fingerprint density at radius 3 is 2.88 bits per heavy atom. The largest absolute Gasteiger partial charge is 0.468 e. The van der Waals surface area contributed by atoms with Gasteiger partial charge in [-0.1, -0.05) is 13.8 Å². The fraction of sp³-hybridized carbons (Fsp3) is 0.714. The number of nitrogens with zero attached hydrogens (tertiary/aromatic N) is 1. The van der Waals surface area contributed by atoms with Crippen LogP contribution in [0.4, 0.5) is 0 Å². The van der Waals surface area contributed by atoms with Crippen molar-refractivity contribution in [1.29, 1.82) is 0 Å². The monoisotopic (exact) mass is 236 g/mol. The Morgan fingerprint density at radius 1 is 1.41 bits per heavy atom. The van der Waals surface area contributed by atoms with Gasteiger partial charge in [0, 0.05) is 19.1 Å². The van der Waals surface area contributed by atoms with Crippen molar-refractivity contribution in [1.82, 2.24) is 10.2 Å². The Morgan fingerprint density at radius 2 is 2.24 bits per heavy atom. The van der Waals surface area contributed by atoms with Crippen LogP contribution in [-0.4, -0.2) is 30.6 Å². The quantitative estimate of drug-likeness (QED) is 0.874. The SMILES string of the molecule is CC(C)C1CN(C(C)c2ccco2)CCCN1. The molecule has 0 bridgehead atoms. The van der Waals surface area contributed by atoms with E-state index in [9.17, 15) is 0 Å². The standard InChI is InChI=1S/C14H24N2O/c1-11(2)13-10-16(8-5-7-15-13)12(3)14-6-4-9-17-14/h4,6,9,11-13,15H,5,7-8,10H2,1-3H3. The minimum atomic E-state index is 0.381. The summed E-state index contributed by atoms with van der Waals surface area (Å²) in [5.41, 5.74) is 0. The van der Waals surface area contributed by atoms with E-state index in [0.717, 1.165) is 25.4 Å². The van der Waals surface area contributed by atoms with E-state index in [0.29, 0.717) is 18.0 Å². The highest BCUT2D eigenvalue weighted by atomic mass is 16.3. The van der Waals surface area contributed by atoms with Gasteiger partial charge in [0.15, 0.2) is 0 Å². The molecule has 17 heavy (non-hydrogen) atoms. The number of furan rings is 1. The number of nitrogens with one attached hydrogen (secondary N) is 1. The highest BCUT2D eigenvalue weighted by Gasteiger charge is 2.25. The molecule has 0 aliphatic carbocycles. The van der Waals surface area contributed by atoms with Gasteiger partial charge in [-0.05, 0) is 37.9 Å². The van der Waals surface area contributed by atoms with Crippen LogP contribution in [0.1, 0.15) is 39.0 Å². The van der Waals surface area contributed by atoms with E-state index in [-0.39, 0.29) is 0 Å². The summed E-state index contributed by atoms with van der Waals surface area (Å²) in [6.07, 6.45) is 2.98. The Bertz CT molecular complexity index is 321. The Kier molecular flexibility index (Phi) is 4.24. The fourth-order valence-corrected chi connectivity index (χ4v) is 2.49. The van der Waals surface area contributed by atoms with E-state index in [4.69, 9.17) is 4.42 Å². The third kappa shape index (κ3) is 3.11. The normalized spacial score (nSPS) is 24.8. The first-order valence-electron chi connectivity index (χ1n) is 6.69. The molecule has 1 aromatic rings. The van der Waals surface area contributed by atoms with Crippen LogP contribution in [0.15, 0.2) is 22.8 Å². The molecule has 3 heteroatoms. The van der Waals surface area contributed by atoms with Crippen molar-refractivity contribution in [2.45, 2.75) is 39.3 Å². The summed E-state index contributed by atoms with van der Waals surface area (Å²) in [5.74, 6) is 1.76. The first-order valence-corrected chi connectivity index (χ1v) is 6.69. The molecule has 1 aliphatic heterocycles. The number of hydrogen-bond donors (Lipinski definition) is 1. The van der Waals surface area contributed by atoms with Gasteiger partial charge in [-0.2, -0.15) is 0 Å². The molecular formula is C14H24N2O. The molecule has 2 unspecified atom stereocenters. The zero-order valence-electron chi connectivity index (χ0n) is 11.1. The van der Waals surface area contributed by atoms with E-state index in [1.165, 1.54) is 6.42 Å². The lowest BCUT2D eigenvalue weighted by molar-refractivity contribution is 0.173. The van der Waals surface area contributed by atoms with Crippen LogP contribution >= 0.6 is 0 Å². The van der Waals surface area contributed by atoms with Gasteiger partial charge in [-0.15, -0.1) is 0 Å². The molecular weight excluding hydrogens is 212 g/mol. The second-order valence-corrected chi connectivity index (χ2v) is 5.34. The molecule has 96 valence electrons. The van der Waals surface area contributed by atoms with E-state index in [2.05, 4.69) is 37.1 Å². The maximum Gasteiger partial charge on any atom is 0.120 e. The molecule has 0 spiro atoms. The third-order valence-corrected chi connectivity index (χ3v) is 3.77. The van der Waals surface area contributed by atoms with Gasteiger partial charge in [0.1, 0.15) is 5.76 Å². The predicted molar refractivity (Wildman–Crippen MR) is 69.9 cm³/mol. The van der Waals surface area contributed by atoms with Crippen molar-refractivity contribution in [3.63, 3.8) is 0 Å². The summed E-state index contributed by atoms with van der Waals surface area (Å²) in [4.78, 5) is 2.53. The van der Waals surface area contributed by atoms with Gasteiger partial charge in [0.25, 0.3) is 0 Å². The molecule has 2 rings (SSSR count). The van der Waals surface area contributed by atoms with Crippen molar-refractivity contribution in [3.05, 3.63) is 24.2 Å². The fourth-order valence-electron chi connectivity index (χ4n) is 2.49. The predicted octanol–water partition coefficient (Wildman–Crippen LogP) is 2.66. The van der Waals surface area contributed by atoms with Crippen LogP contribution in [0.3, 0.4) is 0 Å². The highest BCUT2D eigenvalue weighted by molar-refractivity contribution is 5.04. The summed E-state index contributed by atoms with van der Waals surface area (Å²) < 4.78 is 5.52. The van der Waals surface area contributed by atoms with Crippen LogP contribution in [0.5, 0.6) is 0 Å². The first-order chi connectivity index (χ1) is 8.18. The minimum Gasteiger partial charge on any atom is -0.468 e. The van der Waals surface area contributed by atoms with Crippen molar-refractivity contribution in [2.75, 3.05) is 19.6 Å². The lowest BCUT2D eigenvalue weighted by Gasteiger charge is -2.30. The van der Waals surface area contributed by atoms with Gasteiger partial charge >= 0.3 is 0 Å². The minimum absolute atomic E-state index is 0.381. The second-order valence-electron chi connectivity index (χ2n) is 5.34. The maximum atomic E-state index is 5.52. The molecule has 2 heterocycles. The smallest absolute Gasteiger partial charge is 0.120 e. The van der Waals surface area contributed by atoms with Crippen LogP contribution < -0.4 is 5.32 Å². The molecule has 0 saturated carbocycles. The summed E-state index contributed by atoms with van der Waals surface area (Å²) in [6.45, 7) is 10.2. The van der Waals surface area contributed by atoms with Crippen molar-refractivity contribution in [3.8, 4) is 0 Å². The van der Waals surface area contributed by atoms with Gasteiger partial charge in [0.2, 0.25) is 0 Å². The highest BCUT2D eigenvalue weighted by Crippen LogP contribution is 2.23. The maximum absolute atomic E-state index is 5.52. The van der Waals surface area contributed by atoms with Gasteiger partial charge < -0.3 is 9.73 Å². The summed E-state index contributed by atoms with van der Waals surface area (Å²) >= 11 is 0. The molecule has 1 aromatic heterocycles. The van der Waals surface area contributed by atoms with Crippen LogP contribution in [0.25, 0.3) is 0 Å². The summed E-state index contributed by atoms with van der Waals surface area (Å²) in [6, 6.07) is 5.02. The van der Waals surface area contributed by atoms with E-state index >= 15 is 0 Å². The van der Waals surface area contributed by atoms with Gasteiger partial charge in [-0.25, -0.2) is 0 Å².